The van der Waals surface area contributed by atoms with Crippen molar-refractivity contribution in [2.75, 3.05) is 43.6 Å². The van der Waals surface area contributed by atoms with Gasteiger partial charge in [0.25, 0.3) is 0 Å². The molecular formula is C27H32N4O3S. The van der Waals surface area contributed by atoms with Crippen LogP contribution in [0.5, 0.6) is 11.5 Å². The Kier molecular flexibility index (Phi) is 8.86. The van der Waals surface area contributed by atoms with E-state index in [1.54, 1.807) is 6.20 Å². The van der Waals surface area contributed by atoms with Crippen LogP contribution in [-0.4, -0.2) is 57.4 Å². The van der Waals surface area contributed by atoms with E-state index in [9.17, 15) is 4.21 Å². The highest BCUT2D eigenvalue weighted by atomic mass is 32.2. The maximum absolute atomic E-state index is 11.8. The molecule has 0 saturated heterocycles. The van der Waals surface area contributed by atoms with Gasteiger partial charge in [-0.15, -0.1) is 0 Å². The molecule has 2 aromatic carbocycles. The first-order valence-electron chi connectivity index (χ1n) is 11.9. The monoisotopic (exact) mass is 492 g/mol. The van der Waals surface area contributed by atoms with Gasteiger partial charge in [-0.1, -0.05) is 31.2 Å². The van der Waals surface area contributed by atoms with Gasteiger partial charge in [-0.05, 0) is 49.9 Å². The second-order valence-electron chi connectivity index (χ2n) is 8.33. The first kappa shape index (κ1) is 24.9. The van der Waals surface area contributed by atoms with E-state index in [1.807, 2.05) is 49.4 Å². The zero-order valence-corrected chi connectivity index (χ0v) is 21.1. The number of nitrogens with zero attached hydrogens (tertiary/aromatic N) is 3. The Morgan fingerprint density at radius 2 is 2.09 bits per heavy atom. The van der Waals surface area contributed by atoms with Crippen LogP contribution >= 0.6 is 0 Å². The van der Waals surface area contributed by atoms with Crippen LogP contribution in [0.1, 0.15) is 18.9 Å². The molecule has 4 rings (SSSR count). The van der Waals surface area contributed by atoms with Crippen LogP contribution in [-0.2, 0) is 17.3 Å². The largest absolute Gasteiger partial charge is 0.493 e. The number of aromatic nitrogens is 2. The number of nitrogens with one attached hydrogen (secondary N) is 1. The summed E-state index contributed by atoms with van der Waals surface area (Å²) in [7, 11) is 1.22. The Hall–Kier alpha value is -3.23. The summed E-state index contributed by atoms with van der Waals surface area (Å²) in [6, 6.07) is 15.8. The standard InChI is InChI=1S/C27H32N4O3S/c1-3-35(32)17-16-34-26-11-10-23-18-22(26)20-31(2)14-5-4-6-15-33-24-9-7-8-21(19-24)25-12-13-28-27(29-23)30-25/h4-5,7-13,18-19H,3,6,14-17,20H2,1-2H3,(H,28,29,30)/b5-4+. The van der Waals surface area contributed by atoms with Gasteiger partial charge in [-0.25, -0.2) is 9.97 Å². The van der Waals surface area contributed by atoms with Gasteiger partial charge < -0.3 is 14.8 Å². The van der Waals surface area contributed by atoms with Crippen molar-refractivity contribution in [2.45, 2.75) is 19.9 Å². The van der Waals surface area contributed by atoms with Crippen LogP contribution < -0.4 is 14.8 Å². The minimum absolute atomic E-state index is 0.425. The highest BCUT2D eigenvalue weighted by molar-refractivity contribution is 7.84. The molecule has 1 aromatic heterocycles. The first-order valence-corrected chi connectivity index (χ1v) is 13.4. The third-order valence-electron chi connectivity index (χ3n) is 5.57. The molecule has 0 saturated carbocycles. The number of fused-ring (bicyclic) bond motifs is 7. The summed E-state index contributed by atoms with van der Waals surface area (Å²) in [6.07, 6.45) is 6.89. The van der Waals surface area contributed by atoms with Gasteiger partial charge in [0, 0.05) is 52.7 Å². The van der Waals surface area contributed by atoms with E-state index in [4.69, 9.17) is 14.5 Å². The summed E-state index contributed by atoms with van der Waals surface area (Å²) in [5.41, 5.74) is 3.71. The van der Waals surface area contributed by atoms with E-state index < -0.39 is 10.8 Å². The molecule has 7 nitrogen and oxygen atoms in total. The lowest BCUT2D eigenvalue weighted by atomic mass is 10.1. The van der Waals surface area contributed by atoms with Gasteiger partial charge in [-0.2, -0.15) is 0 Å². The second-order valence-corrected chi connectivity index (χ2v) is 10.2. The molecule has 2 heterocycles. The topological polar surface area (TPSA) is 76.6 Å². The molecule has 1 unspecified atom stereocenters. The van der Waals surface area contributed by atoms with Crippen LogP contribution in [0.2, 0.25) is 0 Å². The Balaban J connectivity index is 1.62. The smallest absolute Gasteiger partial charge is 0.227 e. The minimum Gasteiger partial charge on any atom is -0.493 e. The fourth-order valence-corrected chi connectivity index (χ4v) is 4.29. The molecule has 8 heteroatoms. The first-order chi connectivity index (χ1) is 17.1. The van der Waals surface area contributed by atoms with Crippen LogP contribution in [0.25, 0.3) is 11.3 Å². The average Bonchev–Trinajstić information content (AvgIpc) is 2.87. The summed E-state index contributed by atoms with van der Waals surface area (Å²) in [4.78, 5) is 11.3. The van der Waals surface area contributed by atoms with E-state index in [0.29, 0.717) is 37.2 Å². The second kappa shape index (κ2) is 12.5. The third kappa shape index (κ3) is 7.37. The summed E-state index contributed by atoms with van der Waals surface area (Å²) >= 11 is 0. The van der Waals surface area contributed by atoms with Gasteiger partial charge in [0.15, 0.2) is 0 Å². The number of rotatable bonds is 5. The van der Waals surface area contributed by atoms with E-state index in [1.165, 1.54) is 0 Å². The number of likely N-dealkylation sites (N-methyl/N-ethyl adjacent to an activating group) is 1. The van der Waals surface area contributed by atoms with Crippen LogP contribution in [0, 0.1) is 0 Å². The molecule has 0 aliphatic carbocycles. The summed E-state index contributed by atoms with van der Waals surface area (Å²) in [6.45, 7) is 4.46. The maximum Gasteiger partial charge on any atom is 0.227 e. The molecule has 1 aliphatic heterocycles. The van der Waals surface area contributed by atoms with Gasteiger partial charge >= 0.3 is 0 Å². The highest BCUT2D eigenvalue weighted by Crippen LogP contribution is 2.27. The molecule has 0 amide bonds. The zero-order chi connectivity index (χ0) is 24.5. The summed E-state index contributed by atoms with van der Waals surface area (Å²) in [5.74, 6) is 3.31. The predicted molar refractivity (Wildman–Crippen MR) is 142 cm³/mol. The maximum atomic E-state index is 11.8. The molecule has 0 spiro atoms. The molecule has 0 fully saturated rings. The van der Waals surface area contributed by atoms with Crippen molar-refractivity contribution < 1.29 is 13.7 Å². The van der Waals surface area contributed by atoms with Crippen molar-refractivity contribution in [1.82, 2.24) is 14.9 Å². The van der Waals surface area contributed by atoms with Gasteiger partial charge in [0.2, 0.25) is 5.95 Å². The Morgan fingerprint density at radius 1 is 1.17 bits per heavy atom. The van der Waals surface area contributed by atoms with Crippen molar-refractivity contribution >= 4 is 22.4 Å². The van der Waals surface area contributed by atoms with E-state index in [-0.39, 0.29) is 0 Å². The molecule has 1 N–H and O–H groups in total. The number of hydrogen-bond acceptors (Lipinski definition) is 7. The lowest BCUT2D eigenvalue weighted by molar-refractivity contribution is 0.317. The summed E-state index contributed by atoms with van der Waals surface area (Å²) in [5, 5.41) is 3.33. The van der Waals surface area contributed by atoms with Crippen molar-refractivity contribution in [2.24, 2.45) is 0 Å². The fraction of sp³-hybridized carbons (Fsp3) is 0.333. The van der Waals surface area contributed by atoms with E-state index >= 15 is 0 Å². The summed E-state index contributed by atoms with van der Waals surface area (Å²) < 4.78 is 23.8. The number of benzene rings is 2. The van der Waals surface area contributed by atoms with Crippen molar-refractivity contribution in [3.8, 4) is 22.8 Å². The lowest BCUT2D eigenvalue weighted by Crippen LogP contribution is -2.19. The van der Waals surface area contributed by atoms with Crippen LogP contribution in [0.15, 0.2) is 66.9 Å². The lowest BCUT2D eigenvalue weighted by Gasteiger charge is -2.19. The Labute approximate surface area is 209 Å². The van der Waals surface area contributed by atoms with Gasteiger partial charge in [0.05, 0.1) is 24.7 Å². The predicted octanol–water partition coefficient (Wildman–Crippen LogP) is 4.81. The number of hydrogen-bond donors (Lipinski definition) is 1. The number of ether oxygens (including phenoxy) is 2. The van der Waals surface area contributed by atoms with Crippen molar-refractivity contribution in [3.05, 3.63) is 72.4 Å². The van der Waals surface area contributed by atoms with Crippen molar-refractivity contribution in [3.63, 3.8) is 0 Å². The molecule has 6 bridgehead atoms. The average molecular weight is 493 g/mol. The quantitative estimate of drug-likeness (QED) is 0.513. The van der Waals surface area contributed by atoms with Crippen LogP contribution in [0.4, 0.5) is 11.6 Å². The molecule has 0 radical (unpaired) electrons. The minimum atomic E-state index is -0.853. The van der Waals surface area contributed by atoms with E-state index in [0.717, 1.165) is 47.0 Å². The third-order valence-corrected chi connectivity index (χ3v) is 6.84. The molecular weight excluding hydrogens is 460 g/mol. The Morgan fingerprint density at radius 3 is 2.97 bits per heavy atom. The van der Waals surface area contributed by atoms with Crippen molar-refractivity contribution in [1.29, 1.82) is 0 Å². The zero-order valence-electron chi connectivity index (χ0n) is 20.3. The van der Waals surface area contributed by atoms with Gasteiger partial charge in [-0.3, -0.25) is 9.11 Å². The normalized spacial score (nSPS) is 16.2. The van der Waals surface area contributed by atoms with Crippen LogP contribution in [0.3, 0.4) is 0 Å². The highest BCUT2D eigenvalue weighted by Gasteiger charge is 2.11. The molecule has 1 aliphatic rings. The fourth-order valence-electron chi connectivity index (χ4n) is 3.74. The Bertz CT molecular complexity index is 1180. The van der Waals surface area contributed by atoms with Gasteiger partial charge in [0.1, 0.15) is 11.5 Å². The number of anilines is 2. The molecule has 1 atom stereocenters. The van der Waals surface area contributed by atoms with E-state index in [2.05, 4.69) is 40.5 Å². The molecule has 3 aromatic rings. The SMILES string of the molecule is CCS(=O)CCOc1ccc2cc1CN(C)C/C=C/CCOc1cccc(c1)-c1ccnc(n1)N2. The molecule has 184 valence electrons. The molecule has 35 heavy (non-hydrogen) atoms.